The third-order valence-corrected chi connectivity index (χ3v) is 3.05. The molecular weight excluding hydrogens is 186 g/mol. The Morgan fingerprint density at radius 3 is 3.15 bits per heavy atom. The summed E-state index contributed by atoms with van der Waals surface area (Å²) in [6.07, 6.45) is 0. The number of hydrogen-bond acceptors (Lipinski definition) is 3. The van der Waals surface area contributed by atoms with E-state index in [0.29, 0.717) is 5.56 Å². The van der Waals surface area contributed by atoms with Crippen LogP contribution in [0.1, 0.15) is 10.4 Å². The van der Waals surface area contributed by atoms with E-state index < -0.39 is 5.97 Å². The molecule has 0 atom stereocenters. The molecule has 0 aromatic heterocycles. The zero-order valence-electron chi connectivity index (χ0n) is 6.91. The second-order valence-corrected chi connectivity index (χ2v) is 3.87. The van der Waals surface area contributed by atoms with Gasteiger partial charge in [0.2, 0.25) is 0 Å². The van der Waals surface area contributed by atoms with E-state index in [9.17, 15) is 4.79 Å². The largest absolute Gasteiger partial charge is 0.478 e. The van der Waals surface area contributed by atoms with Crippen LogP contribution in [0.2, 0.25) is 0 Å². The normalized spacial score (nSPS) is 14.5. The minimum Gasteiger partial charge on any atom is -0.478 e. The van der Waals surface area contributed by atoms with Crippen LogP contribution < -0.4 is 5.32 Å². The molecule has 0 radical (unpaired) electrons. The smallest absolute Gasteiger partial charge is 0.336 e. The van der Waals surface area contributed by atoms with Gasteiger partial charge in [0.25, 0.3) is 0 Å². The second kappa shape index (κ2) is 3.30. The van der Waals surface area contributed by atoms with Crippen LogP contribution in [-0.4, -0.2) is 23.4 Å². The molecule has 1 aromatic carbocycles. The number of thioether (sulfide) groups is 1. The average molecular weight is 195 g/mol. The van der Waals surface area contributed by atoms with Gasteiger partial charge in [0, 0.05) is 22.9 Å². The third-order valence-electron chi connectivity index (χ3n) is 1.91. The zero-order valence-corrected chi connectivity index (χ0v) is 7.73. The summed E-state index contributed by atoms with van der Waals surface area (Å²) in [5.41, 5.74) is 1.34. The van der Waals surface area contributed by atoms with Crippen molar-refractivity contribution in [2.75, 3.05) is 17.6 Å². The first-order chi connectivity index (χ1) is 6.29. The molecule has 13 heavy (non-hydrogen) atoms. The van der Waals surface area contributed by atoms with Gasteiger partial charge in [-0.05, 0) is 12.1 Å². The van der Waals surface area contributed by atoms with Gasteiger partial charge in [-0.2, -0.15) is 0 Å². The van der Waals surface area contributed by atoms with Crippen LogP contribution in [0, 0.1) is 0 Å². The number of nitrogens with one attached hydrogen (secondary N) is 1. The quantitative estimate of drug-likeness (QED) is 0.718. The molecule has 1 aliphatic rings. The SMILES string of the molecule is O=C(O)c1cccc2c1SCCN2. The summed E-state index contributed by atoms with van der Waals surface area (Å²) in [5, 5.41) is 12.1. The highest BCUT2D eigenvalue weighted by molar-refractivity contribution is 7.99. The van der Waals surface area contributed by atoms with Crippen molar-refractivity contribution in [3.05, 3.63) is 23.8 Å². The Balaban J connectivity index is 2.52. The Morgan fingerprint density at radius 2 is 2.38 bits per heavy atom. The molecule has 1 aromatic rings. The van der Waals surface area contributed by atoms with Gasteiger partial charge < -0.3 is 10.4 Å². The maximum absolute atomic E-state index is 10.8. The van der Waals surface area contributed by atoms with Gasteiger partial charge in [0.05, 0.1) is 5.56 Å². The van der Waals surface area contributed by atoms with Crippen LogP contribution in [0.5, 0.6) is 0 Å². The monoisotopic (exact) mass is 195 g/mol. The van der Waals surface area contributed by atoms with E-state index in [0.717, 1.165) is 22.9 Å². The van der Waals surface area contributed by atoms with Crippen LogP contribution in [0.25, 0.3) is 0 Å². The third kappa shape index (κ3) is 1.49. The average Bonchev–Trinajstić information content (AvgIpc) is 2.17. The standard InChI is InChI=1S/C9H9NO2S/c11-9(12)6-2-1-3-7-8(6)13-5-4-10-7/h1-3,10H,4-5H2,(H,11,12). The number of fused-ring (bicyclic) bond motifs is 1. The van der Waals surface area contributed by atoms with Crippen molar-refractivity contribution in [3.8, 4) is 0 Å². The highest BCUT2D eigenvalue weighted by atomic mass is 32.2. The molecule has 1 heterocycles. The fraction of sp³-hybridized carbons (Fsp3) is 0.222. The van der Waals surface area contributed by atoms with Crippen molar-refractivity contribution >= 4 is 23.4 Å². The van der Waals surface area contributed by atoms with Gasteiger partial charge in [-0.1, -0.05) is 6.07 Å². The van der Waals surface area contributed by atoms with E-state index in [1.807, 2.05) is 6.07 Å². The van der Waals surface area contributed by atoms with Crippen molar-refractivity contribution in [3.63, 3.8) is 0 Å². The Morgan fingerprint density at radius 1 is 1.54 bits per heavy atom. The zero-order chi connectivity index (χ0) is 9.26. The minimum atomic E-state index is -0.854. The highest BCUT2D eigenvalue weighted by Gasteiger charge is 2.16. The van der Waals surface area contributed by atoms with Gasteiger partial charge in [0.15, 0.2) is 0 Å². The lowest BCUT2D eigenvalue weighted by Gasteiger charge is -2.18. The minimum absolute atomic E-state index is 0.398. The molecule has 0 spiro atoms. The Hall–Kier alpha value is -1.16. The number of hydrogen-bond donors (Lipinski definition) is 2. The lowest BCUT2D eigenvalue weighted by molar-refractivity contribution is 0.0693. The van der Waals surface area contributed by atoms with Crippen LogP contribution in [-0.2, 0) is 0 Å². The summed E-state index contributed by atoms with van der Waals surface area (Å²) < 4.78 is 0. The van der Waals surface area contributed by atoms with Crippen molar-refractivity contribution < 1.29 is 9.90 Å². The van der Waals surface area contributed by atoms with Crippen LogP contribution in [0.15, 0.2) is 23.1 Å². The van der Waals surface area contributed by atoms with Gasteiger partial charge >= 0.3 is 5.97 Å². The molecule has 3 nitrogen and oxygen atoms in total. The Bertz CT molecular complexity index is 351. The van der Waals surface area contributed by atoms with E-state index in [-0.39, 0.29) is 0 Å². The molecule has 68 valence electrons. The molecule has 0 aliphatic carbocycles. The number of carbonyl (C=O) groups is 1. The second-order valence-electron chi connectivity index (χ2n) is 2.76. The number of aromatic carboxylic acids is 1. The van der Waals surface area contributed by atoms with E-state index in [4.69, 9.17) is 5.11 Å². The highest BCUT2D eigenvalue weighted by Crippen LogP contribution is 2.33. The van der Waals surface area contributed by atoms with Crippen LogP contribution >= 0.6 is 11.8 Å². The van der Waals surface area contributed by atoms with E-state index in [1.54, 1.807) is 23.9 Å². The van der Waals surface area contributed by atoms with Gasteiger partial charge in [-0.3, -0.25) is 0 Å². The van der Waals surface area contributed by atoms with Gasteiger partial charge in [-0.15, -0.1) is 11.8 Å². The first-order valence-electron chi connectivity index (χ1n) is 4.02. The van der Waals surface area contributed by atoms with Crippen LogP contribution in [0.4, 0.5) is 5.69 Å². The molecule has 0 bridgehead atoms. The summed E-state index contributed by atoms with van der Waals surface area (Å²) >= 11 is 1.60. The summed E-state index contributed by atoms with van der Waals surface area (Å²) in [7, 11) is 0. The molecule has 2 N–H and O–H groups in total. The summed E-state index contributed by atoms with van der Waals surface area (Å²) in [5.74, 6) is 0.0742. The molecule has 0 fully saturated rings. The Kier molecular flexibility index (Phi) is 2.14. The lowest BCUT2D eigenvalue weighted by atomic mass is 10.2. The number of rotatable bonds is 1. The first kappa shape index (κ1) is 8.44. The molecule has 0 saturated heterocycles. The Labute approximate surface area is 80.1 Å². The molecule has 4 heteroatoms. The van der Waals surface area contributed by atoms with E-state index in [2.05, 4.69) is 5.32 Å². The van der Waals surface area contributed by atoms with Gasteiger partial charge in [0.1, 0.15) is 0 Å². The topological polar surface area (TPSA) is 49.3 Å². The molecule has 0 saturated carbocycles. The maximum atomic E-state index is 10.8. The van der Waals surface area contributed by atoms with Crippen molar-refractivity contribution in [1.29, 1.82) is 0 Å². The van der Waals surface area contributed by atoms with Crippen molar-refractivity contribution in [2.24, 2.45) is 0 Å². The van der Waals surface area contributed by atoms with E-state index in [1.165, 1.54) is 0 Å². The number of carboxylic acids is 1. The molecule has 2 rings (SSSR count). The van der Waals surface area contributed by atoms with E-state index >= 15 is 0 Å². The summed E-state index contributed by atoms with van der Waals surface area (Å²) in [4.78, 5) is 11.7. The molecule has 0 amide bonds. The fourth-order valence-corrected chi connectivity index (χ4v) is 2.35. The molecular formula is C9H9NO2S. The molecule has 0 unspecified atom stereocenters. The lowest BCUT2D eigenvalue weighted by Crippen LogP contribution is -2.12. The first-order valence-corrected chi connectivity index (χ1v) is 5.00. The number of carboxylic acid groups (broad SMARTS) is 1. The van der Waals surface area contributed by atoms with Crippen molar-refractivity contribution in [2.45, 2.75) is 4.90 Å². The summed E-state index contributed by atoms with van der Waals surface area (Å²) in [6.45, 7) is 0.904. The molecule has 1 aliphatic heterocycles. The number of benzene rings is 1. The fourth-order valence-electron chi connectivity index (χ4n) is 1.34. The predicted octanol–water partition coefficient (Wildman–Crippen LogP) is 1.90. The van der Waals surface area contributed by atoms with Gasteiger partial charge in [-0.25, -0.2) is 4.79 Å². The number of anilines is 1. The van der Waals surface area contributed by atoms with Crippen LogP contribution in [0.3, 0.4) is 0 Å². The maximum Gasteiger partial charge on any atom is 0.336 e. The predicted molar refractivity (Wildman–Crippen MR) is 52.6 cm³/mol. The van der Waals surface area contributed by atoms with Crippen molar-refractivity contribution in [1.82, 2.24) is 0 Å². The summed E-state index contributed by atoms with van der Waals surface area (Å²) in [6, 6.07) is 5.32.